The minimum atomic E-state index is -3.78. The number of aryl methyl sites for hydroxylation is 1. The predicted molar refractivity (Wildman–Crippen MR) is 65.7 cm³/mol. The number of nitrogens with zero attached hydrogens (tertiary/aromatic N) is 2. The topological polar surface area (TPSA) is 133 Å². The largest absolute Gasteiger partial charge is 0.409 e. The van der Waals surface area contributed by atoms with Crippen molar-refractivity contribution in [3.63, 3.8) is 0 Å². The van der Waals surface area contributed by atoms with Crippen LogP contribution in [0.1, 0.15) is 19.7 Å². The highest BCUT2D eigenvalue weighted by Crippen LogP contribution is 2.09. The molecule has 1 atom stereocenters. The smallest absolute Gasteiger partial charge is 0.258 e. The molecule has 1 aromatic rings. The van der Waals surface area contributed by atoms with Crippen LogP contribution in [0, 0.1) is 12.8 Å². The molecular weight excluding hydrogens is 258 g/mol. The molecule has 0 radical (unpaired) electrons. The number of hydrogen-bond acceptors (Lipinski definition) is 5. The second kappa shape index (κ2) is 5.36. The van der Waals surface area contributed by atoms with Crippen molar-refractivity contribution in [2.45, 2.75) is 31.8 Å². The fourth-order valence-corrected chi connectivity index (χ4v) is 2.69. The van der Waals surface area contributed by atoms with Crippen molar-refractivity contribution in [1.82, 2.24) is 14.7 Å². The summed E-state index contributed by atoms with van der Waals surface area (Å²) in [6.07, 6.45) is 1.21. The van der Waals surface area contributed by atoms with Crippen molar-refractivity contribution in [3.05, 3.63) is 12.0 Å². The van der Waals surface area contributed by atoms with E-state index in [-0.39, 0.29) is 16.8 Å². The van der Waals surface area contributed by atoms with Gasteiger partial charge in [-0.15, -0.1) is 0 Å². The normalized spacial score (nSPS) is 15.0. The maximum Gasteiger partial charge on any atom is 0.258 e. The van der Waals surface area contributed by atoms with E-state index in [1.54, 1.807) is 20.8 Å². The highest BCUT2D eigenvalue weighted by Gasteiger charge is 2.26. The van der Waals surface area contributed by atoms with Crippen LogP contribution in [0.4, 0.5) is 0 Å². The van der Waals surface area contributed by atoms with Gasteiger partial charge in [-0.05, 0) is 12.8 Å². The Morgan fingerprint density at radius 2 is 2.22 bits per heavy atom. The fourth-order valence-electron chi connectivity index (χ4n) is 1.37. The van der Waals surface area contributed by atoms with Gasteiger partial charge in [0.05, 0.1) is 12.2 Å². The van der Waals surface area contributed by atoms with Crippen molar-refractivity contribution in [2.75, 3.05) is 0 Å². The second-order valence-corrected chi connectivity index (χ2v) is 5.88. The number of sulfonamides is 1. The first kappa shape index (κ1) is 14.5. The van der Waals surface area contributed by atoms with E-state index in [2.05, 4.69) is 19.8 Å². The van der Waals surface area contributed by atoms with Crippen molar-refractivity contribution in [3.8, 4) is 0 Å². The van der Waals surface area contributed by atoms with Crippen LogP contribution in [0.5, 0.6) is 0 Å². The first-order chi connectivity index (χ1) is 8.27. The van der Waals surface area contributed by atoms with E-state index in [1.807, 2.05) is 0 Å². The molecule has 0 fully saturated rings. The molecule has 1 unspecified atom stereocenters. The molecule has 1 heterocycles. The van der Waals surface area contributed by atoms with Crippen LogP contribution >= 0.6 is 0 Å². The van der Waals surface area contributed by atoms with E-state index in [0.29, 0.717) is 5.82 Å². The average Bonchev–Trinajstić information content (AvgIpc) is 2.72. The number of hydrogen-bond donors (Lipinski definition) is 4. The number of rotatable bonds is 5. The average molecular weight is 275 g/mol. The summed E-state index contributed by atoms with van der Waals surface area (Å²) in [7, 11) is -3.78. The summed E-state index contributed by atoms with van der Waals surface area (Å²) in [6, 6.07) is -0.788. The quantitative estimate of drug-likeness (QED) is 0.255. The summed E-state index contributed by atoms with van der Waals surface area (Å²) in [4.78, 5) is 6.43. The zero-order valence-electron chi connectivity index (χ0n) is 10.4. The molecule has 8 nitrogen and oxygen atoms in total. The van der Waals surface area contributed by atoms with Crippen molar-refractivity contribution >= 4 is 15.9 Å². The second-order valence-electron chi connectivity index (χ2n) is 4.20. The molecule has 9 heteroatoms. The summed E-state index contributed by atoms with van der Waals surface area (Å²) in [6.45, 7) is 5.15. The Hall–Kier alpha value is -1.61. The van der Waals surface area contributed by atoms with Gasteiger partial charge in [-0.2, -0.15) is 4.72 Å². The van der Waals surface area contributed by atoms with Gasteiger partial charge in [-0.3, -0.25) is 0 Å². The number of amidine groups is 1. The number of nitrogens with one attached hydrogen (secondary N) is 2. The van der Waals surface area contributed by atoms with Gasteiger partial charge in [0.1, 0.15) is 5.82 Å². The molecular formula is C9H17N5O3S. The molecule has 0 saturated heterocycles. The molecule has 0 aliphatic heterocycles. The third-order valence-electron chi connectivity index (χ3n) is 2.35. The van der Waals surface area contributed by atoms with Crippen LogP contribution in [0.3, 0.4) is 0 Å². The highest BCUT2D eigenvalue weighted by atomic mass is 32.2. The molecule has 5 N–H and O–H groups in total. The zero-order valence-corrected chi connectivity index (χ0v) is 11.2. The van der Waals surface area contributed by atoms with Crippen molar-refractivity contribution in [2.24, 2.45) is 16.8 Å². The molecule has 0 aliphatic rings. The first-order valence-corrected chi connectivity index (χ1v) is 6.77. The standard InChI is InChI=1S/C9H17N5O3S/c1-5(2)8(9(10)13-15)14-18(16,17)7-4-11-6(3)12-7/h4-5,8,14-15H,1-3H3,(H2,10,13)(H,11,12). The zero-order chi connectivity index (χ0) is 13.9. The summed E-state index contributed by atoms with van der Waals surface area (Å²) < 4.78 is 26.4. The van der Waals surface area contributed by atoms with Crippen LogP contribution < -0.4 is 10.5 Å². The first-order valence-electron chi connectivity index (χ1n) is 5.29. The number of imidazole rings is 1. The lowest BCUT2D eigenvalue weighted by atomic mass is 10.1. The molecule has 0 bridgehead atoms. The molecule has 0 aliphatic carbocycles. The Kier molecular flexibility index (Phi) is 4.30. The van der Waals surface area contributed by atoms with Crippen LogP contribution in [0.15, 0.2) is 16.4 Å². The number of oxime groups is 1. The van der Waals surface area contributed by atoms with Crippen LogP contribution in [0.2, 0.25) is 0 Å². The third-order valence-corrected chi connectivity index (χ3v) is 3.70. The van der Waals surface area contributed by atoms with Crippen LogP contribution in [0.25, 0.3) is 0 Å². The number of aromatic nitrogens is 2. The highest BCUT2D eigenvalue weighted by molar-refractivity contribution is 7.89. The number of nitrogens with two attached hydrogens (primary N) is 1. The van der Waals surface area contributed by atoms with E-state index in [9.17, 15) is 8.42 Å². The van der Waals surface area contributed by atoms with E-state index in [0.717, 1.165) is 0 Å². The third kappa shape index (κ3) is 3.20. The monoisotopic (exact) mass is 275 g/mol. The predicted octanol–water partition coefficient (Wildman–Crippen LogP) is -0.233. The summed E-state index contributed by atoms with van der Waals surface area (Å²) in [5.74, 6) is 0.129. The van der Waals surface area contributed by atoms with E-state index in [1.165, 1.54) is 6.20 Å². The minimum Gasteiger partial charge on any atom is -0.409 e. The summed E-state index contributed by atoms with van der Waals surface area (Å²) >= 11 is 0. The Morgan fingerprint density at radius 1 is 1.61 bits per heavy atom. The van der Waals surface area contributed by atoms with Crippen molar-refractivity contribution < 1.29 is 13.6 Å². The maximum absolute atomic E-state index is 12.0. The maximum atomic E-state index is 12.0. The van der Waals surface area contributed by atoms with E-state index < -0.39 is 16.1 Å². The molecule has 0 saturated carbocycles. The lowest BCUT2D eigenvalue weighted by Crippen LogP contribution is -2.47. The minimum absolute atomic E-state index is 0.0589. The van der Waals surface area contributed by atoms with Crippen LogP contribution in [-0.4, -0.2) is 35.5 Å². The molecule has 1 aromatic heterocycles. The van der Waals surface area contributed by atoms with Crippen LogP contribution in [-0.2, 0) is 10.0 Å². The van der Waals surface area contributed by atoms with Gasteiger partial charge in [-0.1, -0.05) is 19.0 Å². The Balaban J connectivity index is 3.00. The van der Waals surface area contributed by atoms with Gasteiger partial charge in [0.15, 0.2) is 10.9 Å². The SMILES string of the molecule is Cc1ncc(S(=O)(=O)NC(C(N)=NO)C(C)C)[nH]1. The summed E-state index contributed by atoms with van der Waals surface area (Å²) in [5, 5.41) is 11.4. The van der Waals surface area contributed by atoms with E-state index in [4.69, 9.17) is 10.9 Å². The van der Waals surface area contributed by atoms with Gasteiger partial charge in [0.2, 0.25) is 0 Å². The van der Waals surface area contributed by atoms with Crippen molar-refractivity contribution in [1.29, 1.82) is 0 Å². The number of H-pyrrole nitrogens is 1. The fraction of sp³-hybridized carbons (Fsp3) is 0.556. The van der Waals surface area contributed by atoms with Gasteiger partial charge < -0.3 is 15.9 Å². The Bertz CT molecular complexity index is 534. The van der Waals surface area contributed by atoms with Gasteiger partial charge in [0.25, 0.3) is 10.0 Å². The lowest BCUT2D eigenvalue weighted by molar-refractivity contribution is 0.313. The molecule has 0 spiro atoms. The van der Waals surface area contributed by atoms with Gasteiger partial charge in [0, 0.05) is 0 Å². The molecule has 18 heavy (non-hydrogen) atoms. The molecule has 0 amide bonds. The molecule has 0 aromatic carbocycles. The number of aromatic amines is 1. The van der Waals surface area contributed by atoms with Gasteiger partial charge >= 0.3 is 0 Å². The lowest BCUT2D eigenvalue weighted by Gasteiger charge is -2.20. The molecule has 102 valence electrons. The Morgan fingerprint density at radius 3 is 2.61 bits per heavy atom. The molecule has 1 rings (SSSR count). The Labute approximate surface area is 105 Å². The van der Waals surface area contributed by atoms with Gasteiger partial charge in [-0.25, -0.2) is 13.4 Å². The van der Waals surface area contributed by atoms with E-state index >= 15 is 0 Å². The summed E-state index contributed by atoms with van der Waals surface area (Å²) in [5.41, 5.74) is 5.46.